The molecule has 5 nitrogen and oxygen atoms in total. The van der Waals surface area contributed by atoms with Gasteiger partial charge in [0.05, 0.1) is 11.2 Å². The van der Waals surface area contributed by atoms with Gasteiger partial charge in [-0.25, -0.2) is 0 Å². The zero-order valence-electron chi connectivity index (χ0n) is 13.6. The van der Waals surface area contributed by atoms with E-state index >= 15 is 0 Å². The summed E-state index contributed by atoms with van der Waals surface area (Å²) in [5, 5.41) is 3.27. The normalized spacial score (nSPS) is 20.5. The predicted molar refractivity (Wildman–Crippen MR) is 90.1 cm³/mol. The highest BCUT2D eigenvalue weighted by Crippen LogP contribution is 2.38. The van der Waals surface area contributed by atoms with E-state index in [1.165, 1.54) is 0 Å². The Morgan fingerprint density at radius 3 is 2.45 bits per heavy atom. The Kier molecular flexibility index (Phi) is 4.87. The number of aromatic nitrogens is 1. The smallest absolute Gasteiger partial charge is 0.400 e. The molecule has 0 unspecified atom stereocenters. The molecule has 1 aromatic heterocycles. The number of H-pyrrole nitrogens is 1. The Morgan fingerprint density at radius 1 is 1.36 bits per heavy atom. The predicted octanol–water partition coefficient (Wildman–Crippen LogP) is 2.26. The monoisotopic (exact) mass is 324 g/mol. The fourth-order valence-corrected chi connectivity index (χ4v) is 2.35. The molecule has 1 aliphatic heterocycles. The van der Waals surface area contributed by atoms with Crippen LogP contribution in [-0.4, -0.2) is 36.9 Å². The van der Waals surface area contributed by atoms with E-state index < -0.39 is 18.3 Å². The average Bonchev–Trinajstić information content (AvgIpc) is 2.62. The third kappa shape index (κ3) is 3.46. The largest absolute Gasteiger partial charge is 0.491 e. The molecular weight excluding hydrogens is 302 g/mol. The lowest BCUT2D eigenvalue weighted by Crippen LogP contribution is -2.41. The zero-order chi connectivity index (χ0) is 16.5. The number of hydrogen-bond donors (Lipinski definition) is 2. The fourth-order valence-electron chi connectivity index (χ4n) is 2.17. The van der Waals surface area contributed by atoms with E-state index in [4.69, 9.17) is 20.9 Å². The second-order valence-electron chi connectivity index (χ2n) is 6.45. The quantitative estimate of drug-likeness (QED) is 0.834. The summed E-state index contributed by atoms with van der Waals surface area (Å²) in [6.07, 6.45) is 3.54. The number of pyridine rings is 1. The number of hydrogen-bond acceptors (Lipinski definition) is 4. The van der Waals surface area contributed by atoms with Crippen LogP contribution in [0.25, 0.3) is 6.08 Å². The van der Waals surface area contributed by atoms with Gasteiger partial charge in [-0.1, -0.05) is 17.7 Å². The van der Waals surface area contributed by atoms with Crippen molar-refractivity contribution in [3.8, 4) is 0 Å². The molecule has 1 aromatic rings. The summed E-state index contributed by atoms with van der Waals surface area (Å²) in [7, 11) is 1.42. The van der Waals surface area contributed by atoms with Crippen molar-refractivity contribution in [2.75, 3.05) is 13.6 Å². The number of aromatic amines is 1. The molecule has 0 radical (unpaired) electrons. The van der Waals surface area contributed by atoms with Crippen LogP contribution in [0.5, 0.6) is 0 Å². The standard InChI is InChI=1S/C15H22BClN2O3/c1-14(2)15(3,4)22-16(21-14)11(9-18-5)6-10-7-12(17)13(20)19-8-10/h6-8,18H,9H2,1-5H3,(H,19,20). The molecule has 120 valence electrons. The zero-order valence-corrected chi connectivity index (χ0v) is 14.4. The first-order valence-corrected chi connectivity index (χ1v) is 7.63. The van der Waals surface area contributed by atoms with E-state index in [2.05, 4.69) is 10.3 Å². The molecule has 7 heteroatoms. The molecule has 0 aromatic carbocycles. The van der Waals surface area contributed by atoms with Gasteiger partial charge in [-0.3, -0.25) is 4.79 Å². The van der Waals surface area contributed by atoms with Gasteiger partial charge in [-0.05, 0) is 51.8 Å². The minimum Gasteiger partial charge on any atom is -0.400 e. The maximum Gasteiger partial charge on any atom is 0.491 e. The van der Waals surface area contributed by atoms with Gasteiger partial charge in [0.15, 0.2) is 0 Å². The van der Waals surface area contributed by atoms with E-state index in [-0.39, 0.29) is 10.6 Å². The summed E-state index contributed by atoms with van der Waals surface area (Å²) in [6.45, 7) is 8.66. The molecule has 22 heavy (non-hydrogen) atoms. The van der Waals surface area contributed by atoms with Crippen LogP contribution in [0.1, 0.15) is 33.3 Å². The minimum absolute atomic E-state index is 0.159. The van der Waals surface area contributed by atoms with Crippen LogP contribution in [0.15, 0.2) is 22.5 Å². The maximum absolute atomic E-state index is 11.3. The molecule has 0 bridgehead atoms. The van der Waals surface area contributed by atoms with E-state index in [1.54, 1.807) is 12.3 Å². The van der Waals surface area contributed by atoms with Gasteiger partial charge < -0.3 is 19.6 Å². The Balaban J connectivity index is 2.33. The van der Waals surface area contributed by atoms with Gasteiger partial charge in [-0.2, -0.15) is 0 Å². The van der Waals surface area contributed by atoms with Crippen molar-refractivity contribution in [2.45, 2.75) is 38.9 Å². The van der Waals surface area contributed by atoms with E-state index in [1.807, 2.05) is 40.8 Å². The van der Waals surface area contributed by atoms with E-state index in [0.717, 1.165) is 11.0 Å². The third-order valence-electron chi connectivity index (χ3n) is 4.17. The molecule has 0 spiro atoms. The van der Waals surface area contributed by atoms with Crippen LogP contribution in [0.2, 0.25) is 5.02 Å². The summed E-state index contributed by atoms with van der Waals surface area (Å²) in [5.74, 6) is 0. The lowest BCUT2D eigenvalue weighted by molar-refractivity contribution is 0.00578. The van der Waals surface area contributed by atoms with Crippen LogP contribution >= 0.6 is 11.6 Å². The number of nitrogens with one attached hydrogen (secondary N) is 2. The summed E-state index contributed by atoms with van der Waals surface area (Å²) in [4.78, 5) is 13.9. The minimum atomic E-state index is -0.442. The molecule has 0 saturated carbocycles. The Morgan fingerprint density at radius 2 is 1.95 bits per heavy atom. The van der Waals surface area contributed by atoms with Crippen LogP contribution in [0.4, 0.5) is 0 Å². The molecular formula is C15H22BClN2O3. The highest BCUT2D eigenvalue weighted by atomic mass is 35.5. The molecule has 2 rings (SSSR count). The summed E-state index contributed by atoms with van der Waals surface area (Å²) >= 11 is 5.87. The molecule has 1 saturated heterocycles. The van der Waals surface area contributed by atoms with Crippen LogP contribution in [0.3, 0.4) is 0 Å². The fraction of sp³-hybridized carbons (Fsp3) is 0.533. The van der Waals surface area contributed by atoms with Crippen molar-refractivity contribution in [3.05, 3.63) is 38.7 Å². The lowest BCUT2D eigenvalue weighted by Gasteiger charge is -2.32. The van der Waals surface area contributed by atoms with Crippen LogP contribution < -0.4 is 10.9 Å². The maximum atomic E-state index is 11.3. The molecule has 1 fully saturated rings. The summed E-state index contributed by atoms with van der Waals surface area (Å²) in [5.41, 5.74) is 0.638. The van der Waals surface area contributed by atoms with Gasteiger partial charge in [0.25, 0.3) is 5.56 Å². The third-order valence-corrected chi connectivity index (χ3v) is 4.45. The van der Waals surface area contributed by atoms with Gasteiger partial charge >= 0.3 is 7.12 Å². The van der Waals surface area contributed by atoms with Gasteiger partial charge in [0.2, 0.25) is 0 Å². The SMILES string of the molecule is CNCC(=Cc1c[nH]c(=O)c(Cl)c1)B1OC(C)(C)C(C)(C)O1. The van der Waals surface area contributed by atoms with Crippen molar-refractivity contribution in [1.29, 1.82) is 0 Å². The first kappa shape index (κ1) is 17.3. The van der Waals surface area contributed by atoms with Gasteiger partial charge in [-0.15, -0.1) is 0 Å². The molecule has 0 atom stereocenters. The van der Waals surface area contributed by atoms with Gasteiger partial charge in [0.1, 0.15) is 5.02 Å². The molecule has 2 N–H and O–H groups in total. The van der Waals surface area contributed by atoms with E-state index in [0.29, 0.717) is 6.54 Å². The first-order valence-electron chi connectivity index (χ1n) is 7.25. The number of halogens is 1. The van der Waals surface area contributed by atoms with Crippen molar-refractivity contribution in [2.24, 2.45) is 0 Å². The van der Waals surface area contributed by atoms with Crippen molar-refractivity contribution >= 4 is 24.8 Å². The van der Waals surface area contributed by atoms with Gasteiger partial charge in [0, 0.05) is 12.7 Å². The second kappa shape index (κ2) is 6.20. The Hall–Kier alpha value is -1.08. The van der Waals surface area contributed by atoms with Crippen molar-refractivity contribution in [1.82, 2.24) is 10.3 Å². The molecule has 0 aliphatic carbocycles. The number of rotatable bonds is 4. The Labute approximate surface area is 136 Å². The van der Waals surface area contributed by atoms with Crippen LogP contribution in [-0.2, 0) is 9.31 Å². The topological polar surface area (TPSA) is 63.4 Å². The molecule has 2 heterocycles. The second-order valence-corrected chi connectivity index (χ2v) is 6.86. The lowest BCUT2D eigenvalue weighted by atomic mass is 9.77. The highest BCUT2D eigenvalue weighted by Gasteiger charge is 2.52. The van der Waals surface area contributed by atoms with Crippen molar-refractivity contribution in [3.63, 3.8) is 0 Å². The van der Waals surface area contributed by atoms with Crippen LogP contribution in [0, 0.1) is 0 Å². The Bertz CT molecular complexity index is 624. The van der Waals surface area contributed by atoms with E-state index in [9.17, 15) is 4.79 Å². The number of likely N-dealkylation sites (N-methyl/N-ethyl adjacent to an activating group) is 1. The molecule has 1 aliphatic rings. The highest BCUT2D eigenvalue weighted by molar-refractivity contribution is 6.55. The van der Waals surface area contributed by atoms with Crippen molar-refractivity contribution < 1.29 is 9.31 Å². The molecule has 0 amide bonds. The average molecular weight is 325 g/mol. The summed E-state index contributed by atoms with van der Waals surface area (Å²) in [6, 6.07) is 1.63. The first-order chi connectivity index (χ1) is 10.2. The summed E-state index contributed by atoms with van der Waals surface area (Å²) < 4.78 is 12.1.